The van der Waals surface area contributed by atoms with Crippen molar-refractivity contribution in [3.63, 3.8) is 0 Å². The highest BCUT2D eigenvalue weighted by molar-refractivity contribution is 5.78. The summed E-state index contributed by atoms with van der Waals surface area (Å²) in [6.45, 7) is 0. The van der Waals surface area contributed by atoms with E-state index in [0.29, 0.717) is 5.58 Å². The quantitative estimate of drug-likeness (QED) is 0.881. The minimum absolute atomic E-state index is 0.190. The molecule has 1 aromatic heterocycles. The van der Waals surface area contributed by atoms with Crippen LogP contribution >= 0.6 is 0 Å². The van der Waals surface area contributed by atoms with Gasteiger partial charge in [0.2, 0.25) is 0 Å². The number of furan rings is 1. The standard InChI is InChI=1S/C16H20FNO/c1-18-14(9-11-5-2-3-6-11)15-10-12-7-4-8-13(17)16(12)19-15/h4,7-8,10-11,14,18H,2-3,5-6,9H2,1H3. The SMILES string of the molecule is CNC(CC1CCCC1)c1cc2cccc(F)c2o1. The number of fused-ring (bicyclic) bond motifs is 1. The van der Waals surface area contributed by atoms with Gasteiger partial charge in [-0.15, -0.1) is 0 Å². The smallest absolute Gasteiger partial charge is 0.169 e. The van der Waals surface area contributed by atoms with Crippen molar-refractivity contribution in [2.75, 3.05) is 7.05 Å². The van der Waals surface area contributed by atoms with E-state index in [0.717, 1.165) is 23.5 Å². The Morgan fingerprint density at radius 3 is 2.84 bits per heavy atom. The average Bonchev–Trinajstić information content (AvgIpc) is 3.05. The number of nitrogens with one attached hydrogen (secondary N) is 1. The van der Waals surface area contributed by atoms with Gasteiger partial charge in [0.05, 0.1) is 6.04 Å². The van der Waals surface area contributed by atoms with Crippen molar-refractivity contribution in [1.82, 2.24) is 5.32 Å². The van der Waals surface area contributed by atoms with E-state index in [1.807, 2.05) is 19.2 Å². The highest BCUT2D eigenvalue weighted by atomic mass is 19.1. The molecule has 1 atom stereocenters. The van der Waals surface area contributed by atoms with E-state index in [2.05, 4.69) is 5.32 Å². The van der Waals surface area contributed by atoms with Crippen LogP contribution in [0.3, 0.4) is 0 Å². The second kappa shape index (κ2) is 5.33. The van der Waals surface area contributed by atoms with Crippen molar-refractivity contribution < 1.29 is 8.81 Å². The van der Waals surface area contributed by atoms with Gasteiger partial charge in [-0.3, -0.25) is 0 Å². The first-order valence-corrected chi connectivity index (χ1v) is 7.13. The normalized spacial score (nSPS) is 18.2. The van der Waals surface area contributed by atoms with Crippen LogP contribution < -0.4 is 5.32 Å². The van der Waals surface area contributed by atoms with Crippen molar-refractivity contribution in [3.05, 3.63) is 35.8 Å². The Bertz CT molecular complexity index is 557. The average molecular weight is 261 g/mol. The van der Waals surface area contributed by atoms with Gasteiger partial charge in [-0.1, -0.05) is 37.8 Å². The Balaban J connectivity index is 1.86. The molecule has 1 unspecified atom stereocenters. The molecule has 3 heteroatoms. The van der Waals surface area contributed by atoms with Crippen LogP contribution in [0.1, 0.15) is 43.9 Å². The lowest BCUT2D eigenvalue weighted by Gasteiger charge is -2.17. The van der Waals surface area contributed by atoms with Crippen LogP contribution in [0.4, 0.5) is 4.39 Å². The lowest BCUT2D eigenvalue weighted by molar-refractivity contribution is 0.363. The third-order valence-corrected chi connectivity index (χ3v) is 4.25. The Hall–Kier alpha value is -1.35. The summed E-state index contributed by atoms with van der Waals surface area (Å²) in [5, 5.41) is 4.16. The summed E-state index contributed by atoms with van der Waals surface area (Å²) in [6, 6.07) is 7.22. The van der Waals surface area contributed by atoms with Crippen molar-refractivity contribution in [2.45, 2.75) is 38.1 Å². The highest BCUT2D eigenvalue weighted by Crippen LogP contribution is 2.34. The fourth-order valence-corrected chi connectivity index (χ4v) is 3.17. The van der Waals surface area contributed by atoms with Crippen LogP contribution in [0.2, 0.25) is 0 Å². The maximum Gasteiger partial charge on any atom is 0.169 e. The summed E-state index contributed by atoms with van der Waals surface area (Å²) in [6.07, 6.45) is 6.39. The second-order valence-electron chi connectivity index (χ2n) is 5.53. The lowest BCUT2D eigenvalue weighted by atomic mass is 9.97. The van der Waals surface area contributed by atoms with Crippen LogP contribution in [0.15, 0.2) is 28.7 Å². The number of para-hydroxylation sites is 1. The molecule has 2 nitrogen and oxygen atoms in total. The second-order valence-corrected chi connectivity index (χ2v) is 5.53. The monoisotopic (exact) mass is 261 g/mol. The minimum atomic E-state index is -0.278. The molecule has 1 fully saturated rings. The molecule has 19 heavy (non-hydrogen) atoms. The van der Waals surface area contributed by atoms with Gasteiger partial charge in [0.1, 0.15) is 5.76 Å². The van der Waals surface area contributed by atoms with Crippen molar-refractivity contribution in [2.24, 2.45) is 5.92 Å². The van der Waals surface area contributed by atoms with E-state index in [4.69, 9.17) is 4.42 Å². The molecule has 1 heterocycles. The molecular formula is C16H20FNO. The van der Waals surface area contributed by atoms with E-state index < -0.39 is 0 Å². The Morgan fingerprint density at radius 1 is 1.37 bits per heavy atom. The van der Waals surface area contributed by atoms with Gasteiger partial charge in [0.25, 0.3) is 0 Å². The Kier molecular flexibility index (Phi) is 3.56. The Labute approximate surface area is 113 Å². The number of halogens is 1. The predicted molar refractivity (Wildman–Crippen MR) is 74.5 cm³/mol. The van der Waals surface area contributed by atoms with Gasteiger partial charge >= 0.3 is 0 Å². The maximum absolute atomic E-state index is 13.7. The van der Waals surface area contributed by atoms with Gasteiger partial charge in [-0.2, -0.15) is 0 Å². The summed E-state index contributed by atoms with van der Waals surface area (Å²) in [7, 11) is 1.95. The fraction of sp³-hybridized carbons (Fsp3) is 0.500. The highest BCUT2D eigenvalue weighted by Gasteiger charge is 2.23. The predicted octanol–water partition coefficient (Wildman–Crippen LogP) is 4.41. The first kappa shape index (κ1) is 12.7. The Morgan fingerprint density at radius 2 is 2.16 bits per heavy atom. The number of benzene rings is 1. The van der Waals surface area contributed by atoms with Crippen LogP contribution in [0.25, 0.3) is 11.0 Å². The molecule has 0 spiro atoms. The summed E-state index contributed by atoms with van der Waals surface area (Å²) >= 11 is 0. The molecule has 1 saturated carbocycles. The first-order valence-electron chi connectivity index (χ1n) is 7.13. The zero-order valence-corrected chi connectivity index (χ0v) is 11.3. The van der Waals surface area contributed by atoms with E-state index >= 15 is 0 Å². The minimum Gasteiger partial charge on any atom is -0.456 e. The first-order chi connectivity index (χ1) is 9.28. The van der Waals surface area contributed by atoms with Gasteiger partial charge in [0, 0.05) is 5.39 Å². The molecule has 3 rings (SSSR count). The third-order valence-electron chi connectivity index (χ3n) is 4.25. The van der Waals surface area contributed by atoms with E-state index in [9.17, 15) is 4.39 Å². The molecule has 1 aliphatic rings. The van der Waals surface area contributed by atoms with Gasteiger partial charge in [-0.25, -0.2) is 4.39 Å². The van der Waals surface area contributed by atoms with Crippen molar-refractivity contribution in [3.8, 4) is 0 Å². The third kappa shape index (κ3) is 2.52. The molecule has 1 aliphatic carbocycles. The maximum atomic E-state index is 13.7. The van der Waals surface area contributed by atoms with Crippen LogP contribution in [0, 0.1) is 11.7 Å². The molecule has 0 aliphatic heterocycles. The molecule has 0 bridgehead atoms. The van der Waals surface area contributed by atoms with Gasteiger partial charge in [0.15, 0.2) is 11.4 Å². The van der Waals surface area contributed by atoms with E-state index in [-0.39, 0.29) is 11.9 Å². The van der Waals surface area contributed by atoms with Crippen molar-refractivity contribution >= 4 is 11.0 Å². The zero-order chi connectivity index (χ0) is 13.2. The lowest BCUT2D eigenvalue weighted by Crippen LogP contribution is -2.18. The van der Waals surface area contributed by atoms with Gasteiger partial charge < -0.3 is 9.73 Å². The molecule has 0 saturated heterocycles. The van der Waals surface area contributed by atoms with Crippen LogP contribution in [-0.4, -0.2) is 7.05 Å². The number of rotatable bonds is 4. The van der Waals surface area contributed by atoms with Gasteiger partial charge in [-0.05, 0) is 31.5 Å². The van der Waals surface area contributed by atoms with E-state index in [1.54, 1.807) is 6.07 Å². The number of hydrogen-bond acceptors (Lipinski definition) is 2. The van der Waals surface area contributed by atoms with E-state index in [1.165, 1.54) is 31.7 Å². The fourth-order valence-electron chi connectivity index (χ4n) is 3.17. The molecule has 102 valence electrons. The molecule has 2 aromatic rings. The molecule has 1 N–H and O–H groups in total. The molecular weight excluding hydrogens is 241 g/mol. The summed E-state index contributed by atoms with van der Waals surface area (Å²) < 4.78 is 19.4. The van der Waals surface area contributed by atoms with Crippen molar-refractivity contribution in [1.29, 1.82) is 0 Å². The summed E-state index contributed by atoms with van der Waals surface area (Å²) in [5.74, 6) is 1.35. The molecule has 1 aromatic carbocycles. The summed E-state index contributed by atoms with van der Waals surface area (Å²) in [5.41, 5.74) is 0.379. The zero-order valence-electron chi connectivity index (χ0n) is 11.3. The van der Waals surface area contributed by atoms with Crippen LogP contribution in [0.5, 0.6) is 0 Å². The van der Waals surface area contributed by atoms with Crippen LogP contribution in [-0.2, 0) is 0 Å². The molecule has 0 amide bonds. The summed E-state index contributed by atoms with van der Waals surface area (Å²) in [4.78, 5) is 0. The largest absolute Gasteiger partial charge is 0.456 e. The number of hydrogen-bond donors (Lipinski definition) is 1. The molecule has 0 radical (unpaired) electrons. The topological polar surface area (TPSA) is 25.2 Å².